The van der Waals surface area contributed by atoms with Crippen LogP contribution in [0.1, 0.15) is 42.6 Å². The number of ether oxygens (including phenoxy) is 2. The van der Waals surface area contributed by atoms with Crippen LogP contribution in [0.2, 0.25) is 0 Å². The molecule has 0 amide bonds. The van der Waals surface area contributed by atoms with Gasteiger partial charge >= 0.3 is 5.97 Å². The number of hydrogen-bond acceptors (Lipinski definition) is 5. The zero-order chi connectivity index (χ0) is 11.5. The fourth-order valence-electron chi connectivity index (χ4n) is 1.82. The molecule has 0 aliphatic carbocycles. The number of nitrogens with one attached hydrogen (secondary N) is 1. The number of aromatic amines is 1. The Morgan fingerprint density at radius 3 is 3.12 bits per heavy atom. The molecule has 16 heavy (non-hydrogen) atoms. The van der Waals surface area contributed by atoms with Crippen LogP contribution in [0, 0.1) is 0 Å². The lowest BCUT2D eigenvalue weighted by atomic mass is 10.0. The van der Waals surface area contributed by atoms with Gasteiger partial charge in [-0.3, -0.25) is 5.10 Å². The highest BCUT2D eigenvalue weighted by Crippen LogP contribution is 2.28. The van der Waals surface area contributed by atoms with Crippen molar-refractivity contribution in [3.05, 3.63) is 11.6 Å². The highest BCUT2D eigenvalue weighted by atomic mass is 16.5. The molecule has 0 saturated carbocycles. The first-order valence-corrected chi connectivity index (χ1v) is 5.43. The maximum Gasteiger partial charge on any atom is 0.378 e. The molecular formula is C10H15N3O3. The molecule has 0 radical (unpaired) electrons. The second-order valence-corrected chi connectivity index (χ2v) is 3.74. The maximum atomic E-state index is 11.4. The zero-order valence-electron chi connectivity index (χ0n) is 9.40. The Labute approximate surface area is 93.4 Å². The number of aromatic nitrogens is 3. The second kappa shape index (κ2) is 4.61. The normalized spacial score (nSPS) is 24.6. The number of esters is 1. The van der Waals surface area contributed by atoms with Gasteiger partial charge in [0.1, 0.15) is 5.82 Å². The lowest BCUT2D eigenvalue weighted by Crippen LogP contribution is -2.11. The Kier molecular flexibility index (Phi) is 3.19. The number of H-pyrrole nitrogens is 1. The van der Waals surface area contributed by atoms with Gasteiger partial charge in [0, 0.05) is 12.5 Å². The second-order valence-electron chi connectivity index (χ2n) is 3.74. The van der Waals surface area contributed by atoms with E-state index >= 15 is 0 Å². The summed E-state index contributed by atoms with van der Waals surface area (Å²) in [6.45, 7) is 4.79. The van der Waals surface area contributed by atoms with Crippen molar-refractivity contribution in [3.63, 3.8) is 0 Å². The SMILES string of the molecule is CCOC(=O)c1n[nH]c(C2CCOC2C)n1. The summed E-state index contributed by atoms with van der Waals surface area (Å²) in [5, 5.41) is 6.62. The van der Waals surface area contributed by atoms with Gasteiger partial charge in [0.05, 0.1) is 12.7 Å². The maximum absolute atomic E-state index is 11.4. The standard InChI is InChI=1S/C10H15N3O3/c1-3-15-10(14)9-11-8(12-13-9)7-4-5-16-6(7)2/h6-7H,3-5H2,1-2H3,(H,11,12,13). The molecule has 2 atom stereocenters. The van der Waals surface area contributed by atoms with Gasteiger partial charge in [0.15, 0.2) is 0 Å². The number of carbonyl (C=O) groups excluding carboxylic acids is 1. The van der Waals surface area contributed by atoms with Crippen LogP contribution in [-0.2, 0) is 9.47 Å². The third kappa shape index (κ3) is 2.06. The van der Waals surface area contributed by atoms with E-state index in [0.29, 0.717) is 12.4 Å². The molecule has 1 fully saturated rings. The summed E-state index contributed by atoms with van der Waals surface area (Å²) >= 11 is 0. The van der Waals surface area contributed by atoms with E-state index in [4.69, 9.17) is 9.47 Å². The summed E-state index contributed by atoms with van der Waals surface area (Å²) < 4.78 is 10.2. The fourth-order valence-corrected chi connectivity index (χ4v) is 1.82. The summed E-state index contributed by atoms with van der Waals surface area (Å²) in [5.41, 5.74) is 0. The third-order valence-corrected chi connectivity index (χ3v) is 2.69. The molecular weight excluding hydrogens is 210 g/mol. The number of hydrogen-bond donors (Lipinski definition) is 1. The van der Waals surface area contributed by atoms with Crippen LogP contribution in [0.3, 0.4) is 0 Å². The van der Waals surface area contributed by atoms with E-state index in [2.05, 4.69) is 15.2 Å². The first-order valence-electron chi connectivity index (χ1n) is 5.43. The summed E-state index contributed by atoms with van der Waals surface area (Å²) in [5.74, 6) is 0.497. The summed E-state index contributed by atoms with van der Waals surface area (Å²) in [6.07, 6.45) is 1.02. The lowest BCUT2D eigenvalue weighted by molar-refractivity contribution is 0.0512. The third-order valence-electron chi connectivity index (χ3n) is 2.69. The number of rotatable bonds is 3. The highest BCUT2D eigenvalue weighted by molar-refractivity contribution is 5.84. The Hall–Kier alpha value is -1.43. The predicted molar refractivity (Wildman–Crippen MR) is 55.1 cm³/mol. The van der Waals surface area contributed by atoms with Crippen molar-refractivity contribution >= 4 is 5.97 Å². The minimum Gasteiger partial charge on any atom is -0.460 e. The average molecular weight is 225 g/mol. The smallest absolute Gasteiger partial charge is 0.378 e. The van der Waals surface area contributed by atoms with E-state index in [1.165, 1.54) is 0 Å². The number of nitrogens with zero attached hydrogens (tertiary/aromatic N) is 2. The monoisotopic (exact) mass is 225 g/mol. The van der Waals surface area contributed by atoms with Crippen molar-refractivity contribution in [2.45, 2.75) is 32.3 Å². The van der Waals surface area contributed by atoms with Crippen molar-refractivity contribution in [1.82, 2.24) is 15.2 Å². The molecule has 0 spiro atoms. The van der Waals surface area contributed by atoms with E-state index in [1.54, 1.807) is 6.92 Å². The van der Waals surface area contributed by atoms with Gasteiger partial charge in [0.2, 0.25) is 0 Å². The average Bonchev–Trinajstić information content (AvgIpc) is 2.86. The van der Waals surface area contributed by atoms with Gasteiger partial charge in [-0.05, 0) is 20.3 Å². The van der Waals surface area contributed by atoms with Crippen LogP contribution < -0.4 is 0 Å². The van der Waals surface area contributed by atoms with Gasteiger partial charge in [-0.25, -0.2) is 9.78 Å². The van der Waals surface area contributed by atoms with Gasteiger partial charge in [-0.15, -0.1) is 5.10 Å². The molecule has 1 aliphatic rings. The topological polar surface area (TPSA) is 77.1 Å². The predicted octanol–water partition coefficient (Wildman–Crippen LogP) is 0.874. The lowest BCUT2D eigenvalue weighted by Gasteiger charge is -2.09. The Bertz CT molecular complexity index is 377. The molecule has 88 valence electrons. The first-order chi connectivity index (χ1) is 7.72. The van der Waals surface area contributed by atoms with Crippen LogP contribution in [0.25, 0.3) is 0 Å². The molecule has 2 heterocycles. The van der Waals surface area contributed by atoms with Gasteiger partial charge in [-0.2, -0.15) is 0 Å². The summed E-state index contributed by atoms with van der Waals surface area (Å²) in [6, 6.07) is 0. The van der Waals surface area contributed by atoms with E-state index in [9.17, 15) is 4.79 Å². The molecule has 1 aromatic rings. The van der Waals surface area contributed by atoms with Crippen LogP contribution >= 0.6 is 0 Å². The van der Waals surface area contributed by atoms with E-state index < -0.39 is 5.97 Å². The van der Waals surface area contributed by atoms with Crippen molar-refractivity contribution < 1.29 is 14.3 Å². The van der Waals surface area contributed by atoms with Gasteiger partial charge in [0.25, 0.3) is 5.82 Å². The van der Waals surface area contributed by atoms with Crippen molar-refractivity contribution in [2.75, 3.05) is 13.2 Å². The molecule has 1 aliphatic heterocycles. The molecule has 0 aromatic carbocycles. The highest BCUT2D eigenvalue weighted by Gasteiger charge is 2.29. The van der Waals surface area contributed by atoms with Crippen LogP contribution in [0.4, 0.5) is 0 Å². The summed E-state index contributed by atoms with van der Waals surface area (Å²) in [4.78, 5) is 15.5. The summed E-state index contributed by atoms with van der Waals surface area (Å²) in [7, 11) is 0. The Morgan fingerprint density at radius 1 is 1.69 bits per heavy atom. The molecule has 6 heteroatoms. The minimum absolute atomic E-state index is 0.0935. The van der Waals surface area contributed by atoms with E-state index in [-0.39, 0.29) is 17.8 Å². The Morgan fingerprint density at radius 2 is 2.50 bits per heavy atom. The molecule has 6 nitrogen and oxygen atoms in total. The van der Waals surface area contributed by atoms with Gasteiger partial charge in [-0.1, -0.05) is 0 Å². The minimum atomic E-state index is -0.489. The van der Waals surface area contributed by atoms with E-state index in [1.807, 2.05) is 6.92 Å². The van der Waals surface area contributed by atoms with E-state index in [0.717, 1.165) is 13.0 Å². The molecule has 0 bridgehead atoms. The largest absolute Gasteiger partial charge is 0.460 e. The van der Waals surface area contributed by atoms with Crippen LogP contribution in [0.5, 0.6) is 0 Å². The Balaban J connectivity index is 2.10. The zero-order valence-corrected chi connectivity index (χ0v) is 9.40. The molecule has 1 N–H and O–H groups in total. The number of carbonyl (C=O) groups is 1. The quantitative estimate of drug-likeness (QED) is 0.772. The van der Waals surface area contributed by atoms with Crippen molar-refractivity contribution in [1.29, 1.82) is 0 Å². The molecule has 2 unspecified atom stereocenters. The first kappa shape index (κ1) is 11.1. The molecule has 2 rings (SSSR count). The van der Waals surface area contributed by atoms with Crippen LogP contribution in [-0.4, -0.2) is 40.5 Å². The molecule has 1 aromatic heterocycles. The van der Waals surface area contributed by atoms with Gasteiger partial charge < -0.3 is 9.47 Å². The molecule has 1 saturated heterocycles. The van der Waals surface area contributed by atoms with Crippen LogP contribution in [0.15, 0.2) is 0 Å². The van der Waals surface area contributed by atoms with Crippen molar-refractivity contribution in [3.8, 4) is 0 Å². The van der Waals surface area contributed by atoms with Crippen molar-refractivity contribution in [2.24, 2.45) is 0 Å². The fraction of sp³-hybridized carbons (Fsp3) is 0.700.